The van der Waals surface area contributed by atoms with Gasteiger partial charge in [-0.15, -0.1) is 0 Å². The lowest BCUT2D eigenvalue weighted by Gasteiger charge is -2.15. The summed E-state index contributed by atoms with van der Waals surface area (Å²) in [6, 6.07) is 11.5. The second-order valence-electron chi connectivity index (χ2n) is 6.85. The van der Waals surface area contributed by atoms with Crippen LogP contribution in [0.3, 0.4) is 0 Å². The molecule has 0 bridgehead atoms. The average molecular weight is 469 g/mol. The summed E-state index contributed by atoms with van der Waals surface area (Å²) >= 11 is 0. The van der Waals surface area contributed by atoms with Gasteiger partial charge in [-0.25, -0.2) is 26.4 Å². The lowest BCUT2D eigenvalue weighted by molar-refractivity contribution is 0.0600. The Morgan fingerprint density at radius 2 is 1.68 bits per heavy atom. The number of hydrogen-bond donors (Lipinski definition) is 1. The lowest BCUT2D eigenvalue weighted by atomic mass is 10.2. The highest BCUT2D eigenvalue weighted by Gasteiger charge is 2.27. The van der Waals surface area contributed by atoms with Crippen LogP contribution in [0.4, 0.5) is 0 Å². The van der Waals surface area contributed by atoms with E-state index in [2.05, 4.69) is 9.46 Å². The van der Waals surface area contributed by atoms with Gasteiger partial charge in [-0.2, -0.15) is 4.31 Å². The molecule has 1 aliphatic rings. The van der Waals surface area contributed by atoms with Gasteiger partial charge in [0, 0.05) is 19.6 Å². The van der Waals surface area contributed by atoms with Crippen molar-refractivity contribution in [1.29, 1.82) is 0 Å². The molecule has 0 amide bonds. The monoisotopic (exact) mass is 468 g/mol. The summed E-state index contributed by atoms with van der Waals surface area (Å²) in [5, 5.41) is 0. The van der Waals surface area contributed by atoms with E-state index < -0.39 is 26.0 Å². The van der Waals surface area contributed by atoms with Crippen LogP contribution in [-0.2, 0) is 24.8 Å². The first kappa shape index (κ1) is 23.2. The smallest absolute Gasteiger partial charge is 0.337 e. The van der Waals surface area contributed by atoms with E-state index in [9.17, 15) is 21.6 Å². The third-order valence-electron chi connectivity index (χ3n) is 4.75. The fraction of sp³-hybridized carbons (Fsp3) is 0.350. The number of hydrogen-bond acceptors (Lipinski definition) is 7. The van der Waals surface area contributed by atoms with Crippen LogP contribution >= 0.6 is 0 Å². The molecule has 168 valence electrons. The van der Waals surface area contributed by atoms with Crippen molar-refractivity contribution in [2.75, 3.05) is 33.4 Å². The molecule has 9 nitrogen and oxygen atoms in total. The number of carbonyl (C=O) groups is 1. The topological polar surface area (TPSA) is 119 Å². The predicted molar refractivity (Wildman–Crippen MR) is 113 cm³/mol. The molecule has 0 saturated carbocycles. The molecule has 0 aliphatic carbocycles. The van der Waals surface area contributed by atoms with Crippen molar-refractivity contribution < 1.29 is 31.1 Å². The Kier molecular flexibility index (Phi) is 7.31. The molecule has 0 spiro atoms. The fourth-order valence-corrected chi connectivity index (χ4v) is 5.70. The van der Waals surface area contributed by atoms with Gasteiger partial charge in [-0.1, -0.05) is 6.07 Å². The molecule has 1 heterocycles. The van der Waals surface area contributed by atoms with Crippen molar-refractivity contribution in [1.82, 2.24) is 9.03 Å². The van der Waals surface area contributed by atoms with Crippen molar-refractivity contribution in [3.8, 4) is 5.75 Å². The minimum Gasteiger partial charge on any atom is -0.492 e. The first-order chi connectivity index (χ1) is 14.7. The molecule has 0 atom stereocenters. The zero-order chi connectivity index (χ0) is 22.5. The molecule has 1 saturated heterocycles. The molecule has 0 radical (unpaired) electrons. The highest BCUT2D eigenvalue weighted by atomic mass is 32.2. The Hall–Kier alpha value is -2.47. The minimum atomic E-state index is -3.84. The molecule has 1 fully saturated rings. The third-order valence-corrected chi connectivity index (χ3v) is 8.13. The van der Waals surface area contributed by atoms with Gasteiger partial charge in [-0.05, 0) is 55.3 Å². The number of nitrogens with zero attached hydrogens (tertiary/aromatic N) is 1. The highest BCUT2D eigenvalue weighted by molar-refractivity contribution is 7.89. The summed E-state index contributed by atoms with van der Waals surface area (Å²) in [5.74, 6) is -0.206. The molecule has 0 unspecified atom stereocenters. The average Bonchev–Trinajstić information content (AvgIpc) is 3.32. The second kappa shape index (κ2) is 9.77. The summed E-state index contributed by atoms with van der Waals surface area (Å²) in [4.78, 5) is 11.7. The van der Waals surface area contributed by atoms with E-state index in [0.717, 1.165) is 12.8 Å². The maximum absolute atomic E-state index is 12.5. The first-order valence-corrected chi connectivity index (χ1v) is 12.6. The van der Waals surface area contributed by atoms with Gasteiger partial charge >= 0.3 is 5.97 Å². The van der Waals surface area contributed by atoms with Crippen LogP contribution in [0.5, 0.6) is 5.75 Å². The second-order valence-corrected chi connectivity index (χ2v) is 10.6. The normalized spacial score (nSPS) is 15.0. The van der Waals surface area contributed by atoms with E-state index in [1.807, 2.05) is 0 Å². The summed E-state index contributed by atoms with van der Waals surface area (Å²) in [7, 11) is -6.11. The van der Waals surface area contributed by atoms with Gasteiger partial charge in [-0.3, -0.25) is 0 Å². The maximum atomic E-state index is 12.5. The SMILES string of the molecule is COC(=O)c1cccc(S(=O)(=O)NCCOc2ccc(S(=O)(=O)N3CCCC3)cc2)c1. The molecule has 11 heteroatoms. The van der Waals surface area contributed by atoms with Crippen LogP contribution in [0, 0.1) is 0 Å². The lowest BCUT2D eigenvalue weighted by Crippen LogP contribution is -2.28. The van der Waals surface area contributed by atoms with Gasteiger partial charge in [0.15, 0.2) is 0 Å². The molecule has 31 heavy (non-hydrogen) atoms. The van der Waals surface area contributed by atoms with E-state index in [4.69, 9.17) is 4.74 Å². The molecule has 2 aromatic carbocycles. The number of rotatable bonds is 9. The Labute approximate surface area is 182 Å². The number of sulfonamides is 2. The van der Waals surface area contributed by atoms with Crippen LogP contribution in [0.2, 0.25) is 0 Å². The zero-order valence-corrected chi connectivity index (χ0v) is 18.6. The van der Waals surface area contributed by atoms with Gasteiger partial charge in [0.2, 0.25) is 20.0 Å². The van der Waals surface area contributed by atoms with Crippen molar-refractivity contribution in [3.05, 3.63) is 54.1 Å². The molecule has 2 aromatic rings. The predicted octanol–water partition coefficient (Wildman–Crippen LogP) is 1.61. The standard InChI is InChI=1S/C20H24N2O7S2/c1-28-20(23)16-5-4-6-19(15-16)30(24,25)21-11-14-29-17-7-9-18(10-8-17)31(26,27)22-12-2-3-13-22/h4-10,15,21H,2-3,11-14H2,1H3. The Morgan fingerprint density at radius 3 is 2.32 bits per heavy atom. The first-order valence-electron chi connectivity index (χ1n) is 9.65. The van der Waals surface area contributed by atoms with Crippen molar-refractivity contribution in [2.45, 2.75) is 22.6 Å². The van der Waals surface area contributed by atoms with Crippen molar-refractivity contribution in [3.63, 3.8) is 0 Å². The van der Waals surface area contributed by atoms with Gasteiger partial charge in [0.05, 0.1) is 22.5 Å². The molecule has 1 N–H and O–H groups in total. The zero-order valence-electron chi connectivity index (χ0n) is 17.0. The fourth-order valence-electron chi connectivity index (χ4n) is 3.12. The molecular weight excluding hydrogens is 444 g/mol. The molecule has 3 rings (SSSR count). The summed E-state index contributed by atoms with van der Waals surface area (Å²) in [6.07, 6.45) is 1.73. The Bertz CT molecular complexity index is 1120. The van der Waals surface area contributed by atoms with Crippen molar-refractivity contribution in [2.24, 2.45) is 0 Å². The highest BCUT2D eigenvalue weighted by Crippen LogP contribution is 2.23. The van der Waals surface area contributed by atoms with E-state index >= 15 is 0 Å². The quantitative estimate of drug-likeness (QED) is 0.439. The van der Waals surface area contributed by atoms with Crippen molar-refractivity contribution >= 4 is 26.0 Å². The van der Waals surface area contributed by atoms with E-state index in [0.29, 0.717) is 18.8 Å². The summed E-state index contributed by atoms with van der Waals surface area (Å²) < 4.78 is 63.8. The van der Waals surface area contributed by atoms with E-state index in [-0.39, 0.29) is 28.5 Å². The number of benzene rings is 2. The number of nitrogens with one attached hydrogen (secondary N) is 1. The van der Waals surface area contributed by atoms with Crippen LogP contribution in [-0.4, -0.2) is 60.5 Å². The van der Waals surface area contributed by atoms with E-state index in [1.54, 1.807) is 0 Å². The maximum Gasteiger partial charge on any atom is 0.337 e. The number of ether oxygens (including phenoxy) is 2. The molecule has 0 aromatic heterocycles. The number of methoxy groups -OCH3 is 1. The van der Waals surface area contributed by atoms with Gasteiger partial charge in [0.25, 0.3) is 0 Å². The third kappa shape index (κ3) is 5.62. The van der Waals surface area contributed by atoms with E-state index in [1.165, 1.54) is 59.9 Å². The van der Waals surface area contributed by atoms with Crippen LogP contribution in [0.25, 0.3) is 0 Å². The summed E-state index contributed by atoms with van der Waals surface area (Å²) in [5.41, 5.74) is 0.130. The molecular formula is C20H24N2O7S2. The number of carbonyl (C=O) groups excluding carboxylic acids is 1. The van der Waals surface area contributed by atoms with Crippen LogP contribution in [0.15, 0.2) is 58.3 Å². The van der Waals surface area contributed by atoms with Crippen LogP contribution in [0.1, 0.15) is 23.2 Å². The Morgan fingerprint density at radius 1 is 1.00 bits per heavy atom. The summed E-state index contributed by atoms with van der Waals surface area (Å²) in [6.45, 7) is 1.08. The van der Waals surface area contributed by atoms with Gasteiger partial charge in [0.1, 0.15) is 12.4 Å². The minimum absolute atomic E-state index is 0.0153. The largest absolute Gasteiger partial charge is 0.492 e. The Balaban J connectivity index is 1.54. The molecule has 1 aliphatic heterocycles. The number of esters is 1. The van der Waals surface area contributed by atoms with Gasteiger partial charge < -0.3 is 9.47 Å². The van der Waals surface area contributed by atoms with Crippen LogP contribution < -0.4 is 9.46 Å².